The summed E-state index contributed by atoms with van der Waals surface area (Å²) in [6.45, 7) is 0.588. The number of primary sulfonamides is 1. The molecule has 1 aliphatic heterocycles. The molecule has 2 heterocycles. The monoisotopic (exact) mass is 445 g/mol. The van der Waals surface area contributed by atoms with Gasteiger partial charge in [0.05, 0.1) is 4.90 Å². The van der Waals surface area contributed by atoms with Gasteiger partial charge in [0.1, 0.15) is 18.0 Å². The zero-order valence-corrected chi connectivity index (χ0v) is 17.6. The first-order chi connectivity index (χ1) is 14.4. The van der Waals surface area contributed by atoms with Gasteiger partial charge < -0.3 is 20.1 Å². The van der Waals surface area contributed by atoms with Crippen molar-refractivity contribution in [2.45, 2.75) is 16.3 Å². The van der Waals surface area contributed by atoms with Gasteiger partial charge in [-0.2, -0.15) is 0 Å². The SMILES string of the molecule is CSc1ccc(S(N)(=O)=O)cc1CNc1cc(Nc2ccc3c(c2)OCO3)ncn1. The van der Waals surface area contributed by atoms with E-state index in [0.717, 1.165) is 16.1 Å². The number of benzene rings is 2. The topological polar surface area (TPSA) is 128 Å². The predicted molar refractivity (Wildman–Crippen MR) is 115 cm³/mol. The Labute approximate surface area is 178 Å². The van der Waals surface area contributed by atoms with E-state index in [1.807, 2.05) is 24.5 Å². The molecular formula is C19H19N5O4S2. The van der Waals surface area contributed by atoms with E-state index in [0.29, 0.717) is 29.7 Å². The van der Waals surface area contributed by atoms with Crippen molar-refractivity contribution in [3.8, 4) is 11.5 Å². The Hall–Kier alpha value is -3.02. The first-order valence-corrected chi connectivity index (χ1v) is 11.6. The first-order valence-electron chi connectivity index (χ1n) is 8.85. The zero-order valence-electron chi connectivity index (χ0n) is 16.0. The number of nitrogens with zero attached hydrogens (tertiary/aromatic N) is 2. The number of ether oxygens (including phenoxy) is 2. The molecule has 1 aliphatic rings. The number of nitrogens with two attached hydrogens (primary N) is 1. The van der Waals surface area contributed by atoms with Crippen LogP contribution in [0.3, 0.4) is 0 Å². The highest BCUT2D eigenvalue weighted by Gasteiger charge is 2.14. The van der Waals surface area contributed by atoms with E-state index in [2.05, 4.69) is 20.6 Å². The molecule has 9 nitrogen and oxygen atoms in total. The standard InChI is InChI=1S/C19H19N5O4S2/c1-29-17-5-3-14(30(20,25)26)6-12(17)9-21-18-8-19(23-10-22-18)24-13-2-4-15-16(7-13)28-11-27-15/h2-8,10H,9,11H2,1H3,(H2,20,25,26)(H2,21,22,23,24). The maximum atomic E-state index is 11.7. The highest BCUT2D eigenvalue weighted by atomic mass is 32.2. The second kappa shape index (κ2) is 8.38. The summed E-state index contributed by atoms with van der Waals surface area (Å²) in [5, 5.41) is 11.6. The van der Waals surface area contributed by atoms with Crippen LogP contribution in [0.4, 0.5) is 17.3 Å². The number of rotatable bonds is 7. The lowest BCUT2D eigenvalue weighted by molar-refractivity contribution is 0.174. The molecule has 30 heavy (non-hydrogen) atoms. The van der Waals surface area contributed by atoms with E-state index in [1.165, 1.54) is 24.2 Å². The molecule has 0 fully saturated rings. The number of anilines is 3. The van der Waals surface area contributed by atoms with Gasteiger partial charge in [0.25, 0.3) is 0 Å². The Bertz CT molecular complexity index is 1190. The summed E-state index contributed by atoms with van der Waals surface area (Å²) in [6.07, 6.45) is 3.36. The molecule has 0 atom stereocenters. The fourth-order valence-electron chi connectivity index (χ4n) is 2.90. The summed E-state index contributed by atoms with van der Waals surface area (Å²) in [5.74, 6) is 2.56. The normalized spacial score (nSPS) is 12.6. The number of sulfonamides is 1. The van der Waals surface area contributed by atoms with Crippen LogP contribution in [-0.4, -0.2) is 31.4 Å². The Balaban J connectivity index is 1.49. The average molecular weight is 446 g/mol. The largest absolute Gasteiger partial charge is 0.454 e. The molecule has 4 N–H and O–H groups in total. The van der Waals surface area contributed by atoms with Gasteiger partial charge in [-0.15, -0.1) is 11.8 Å². The van der Waals surface area contributed by atoms with Crippen molar-refractivity contribution >= 4 is 39.1 Å². The fourth-order valence-corrected chi connectivity index (χ4v) is 4.06. The van der Waals surface area contributed by atoms with Gasteiger partial charge in [-0.3, -0.25) is 0 Å². The Morgan fingerprint density at radius 3 is 2.67 bits per heavy atom. The summed E-state index contributed by atoms with van der Waals surface area (Å²) in [4.78, 5) is 9.47. The summed E-state index contributed by atoms with van der Waals surface area (Å²) in [6, 6.07) is 12.1. The van der Waals surface area contributed by atoms with Crippen molar-refractivity contribution in [1.82, 2.24) is 9.97 Å². The number of nitrogens with one attached hydrogen (secondary N) is 2. The van der Waals surface area contributed by atoms with Crippen molar-refractivity contribution in [1.29, 1.82) is 0 Å². The van der Waals surface area contributed by atoms with Crippen molar-refractivity contribution < 1.29 is 17.9 Å². The second-order valence-electron chi connectivity index (χ2n) is 6.35. The number of aromatic nitrogens is 2. The third kappa shape index (κ3) is 4.58. The van der Waals surface area contributed by atoms with Crippen LogP contribution >= 0.6 is 11.8 Å². The fraction of sp³-hybridized carbons (Fsp3) is 0.158. The van der Waals surface area contributed by atoms with Crippen molar-refractivity contribution in [3.05, 3.63) is 54.4 Å². The van der Waals surface area contributed by atoms with Gasteiger partial charge in [0, 0.05) is 29.3 Å². The van der Waals surface area contributed by atoms with E-state index in [4.69, 9.17) is 14.6 Å². The van der Waals surface area contributed by atoms with E-state index in [9.17, 15) is 8.42 Å². The first kappa shape index (κ1) is 20.3. The van der Waals surface area contributed by atoms with Crippen LogP contribution in [-0.2, 0) is 16.6 Å². The highest BCUT2D eigenvalue weighted by molar-refractivity contribution is 7.98. The maximum absolute atomic E-state index is 11.7. The predicted octanol–water partition coefficient (Wildman–Crippen LogP) is 2.93. The molecule has 1 aromatic heterocycles. The molecule has 2 aromatic carbocycles. The molecule has 4 rings (SSSR count). The minimum absolute atomic E-state index is 0.0740. The molecule has 0 amide bonds. The molecule has 0 spiro atoms. The summed E-state index contributed by atoms with van der Waals surface area (Å²) >= 11 is 1.52. The van der Waals surface area contributed by atoms with Gasteiger partial charge in [-0.1, -0.05) is 0 Å². The molecule has 0 unspecified atom stereocenters. The Morgan fingerprint density at radius 1 is 1.07 bits per heavy atom. The summed E-state index contributed by atoms with van der Waals surface area (Å²) in [5.41, 5.74) is 1.60. The maximum Gasteiger partial charge on any atom is 0.238 e. The Kier molecular flexibility index (Phi) is 5.66. The smallest absolute Gasteiger partial charge is 0.238 e. The third-order valence-corrected chi connectivity index (χ3v) is 6.10. The molecule has 156 valence electrons. The van der Waals surface area contributed by atoms with E-state index < -0.39 is 10.0 Å². The van der Waals surface area contributed by atoms with Crippen LogP contribution in [0.1, 0.15) is 5.56 Å². The number of hydrogen-bond acceptors (Lipinski definition) is 9. The van der Waals surface area contributed by atoms with E-state index >= 15 is 0 Å². The van der Waals surface area contributed by atoms with Crippen molar-refractivity contribution in [2.75, 3.05) is 23.7 Å². The molecule has 0 bridgehead atoms. The van der Waals surface area contributed by atoms with Gasteiger partial charge in [0.2, 0.25) is 16.8 Å². The van der Waals surface area contributed by atoms with Crippen molar-refractivity contribution in [2.24, 2.45) is 5.14 Å². The quantitative estimate of drug-likeness (QED) is 0.470. The van der Waals surface area contributed by atoms with Crippen molar-refractivity contribution in [3.63, 3.8) is 0 Å². The second-order valence-corrected chi connectivity index (χ2v) is 8.76. The van der Waals surface area contributed by atoms with Crippen LogP contribution in [0, 0.1) is 0 Å². The van der Waals surface area contributed by atoms with Gasteiger partial charge >= 0.3 is 0 Å². The number of fused-ring (bicyclic) bond motifs is 1. The van der Waals surface area contributed by atoms with Crippen LogP contribution < -0.4 is 25.2 Å². The lowest BCUT2D eigenvalue weighted by Crippen LogP contribution is -2.13. The Morgan fingerprint density at radius 2 is 1.87 bits per heavy atom. The molecule has 3 aromatic rings. The molecule has 0 aliphatic carbocycles. The van der Waals surface area contributed by atoms with Crippen LogP contribution in [0.2, 0.25) is 0 Å². The lowest BCUT2D eigenvalue weighted by Gasteiger charge is -2.12. The van der Waals surface area contributed by atoms with Gasteiger partial charge in [-0.25, -0.2) is 23.5 Å². The van der Waals surface area contributed by atoms with Gasteiger partial charge in [-0.05, 0) is 42.2 Å². The van der Waals surface area contributed by atoms with Crippen LogP contribution in [0.5, 0.6) is 11.5 Å². The van der Waals surface area contributed by atoms with E-state index in [-0.39, 0.29) is 11.7 Å². The third-order valence-electron chi connectivity index (χ3n) is 4.35. The van der Waals surface area contributed by atoms with Crippen LogP contribution in [0.15, 0.2) is 58.6 Å². The van der Waals surface area contributed by atoms with E-state index in [1.54, 1.807) is 18.2 Å². The minimum Gasteiger partial charge on any atom is -0.454 e. The highest BCUT2D eigenvalue weighted by Crippen LogP contribution is 2.35. The molecule has 0 saturated heterocycles. The van der Waals surface area contributed by atoms with Gasteiger partial charge in [0.15, 0.2) is 11.5 Å². The molecule has 0 saturated carbocycles. The number of thioether (sulfide) groups is 1. The number of hydrogen-bond donors (Lipinski definition) is 3. The van der Waals surface area contributed by atoms with Crippen LogP contribution in [0.25, 0.3) is 0 Å². The zero-order chi connectivity index (χ0) is 21.1. The molecular weight excluding hydrogens is 426 g/mol. The average Bonchev–Trinajstić information content (AvgIpc) is 3.19. The summed E-state index contributed by atoms with van der Waals surface area (Å²) in [7, 11) is -3.77. The summed E-state index contributed by atoms with van der Waals surface area (Å²) < 4.78 is 34.0. The molecule has 11 heteroatoms. The minimum atomic E-state index is -3.77. The lowest BCUT2D eigenvalue weighted by atomic mass is 10.2. The molecule has 0 radical (unpaired) electrons.